The highest BCUT2D eigenvalue weighted by Gasteiger charge is 2.13. The van der Waals surface area contributed by atoms with Crippen molar-refractivity contribution in [2.24, 2.45) is 0 Å². The first-order valence-electron chi connectivity index (χ1n) is 9.08. The van der Waals surface area contributed by atoms with Crippen LogP contribution < -0.4 is 0 Å². The smallest absolute Gasteiger partial charge is 0.0934 e. The van der Waals surface area contributed by atoms with Crippen molar-refractivity contribution in [3.05, 3.63) is 109 Å². The molecule has 0 radical (unpaired) electrons. The van der Waals surface area contributed by atoms with E-state index < -0.39 is 0 Å². The van der Waals surface area contributed by atoms with Crippen LogP contribution in [0.5, 0.6) is 0 Å². The van der Waals surface area contributed by atoms with Crippen molar-refractivity contribution in [2.45, 2.75) is 0 Å². The van der Waals surface area contributed by atoms with E-state index in [0.29, 0.717) is 0 Å². The first-order chi connectivity index (χ1) is 13.4. The summed E-state index contributed by atoms with van der Waals surface area (Å²) in [6.45, 7) is 0. The number of fused-ring (bicyclic) bond motifs is 1. The summed E-state index contributed by atoms with van der Waals surface area (Å²) in [6, 6.07) is 37.8. The van der Waals surface area contributed by atoms with Gasteiger partial charge in [0.15, 0.2) is 0 Å². The van der Waals surface area contributed by atoms with E-state index in [9.17, 15) is 0 Å². The van der Waals surface area contributed by atoms with Crippen molar-refractivity contribution >= 4 is 10.8 Å². The fourth-order valence-electron chi connectivity index (χ4n) is 3.45. The Morgan fingerprint density at radius 3 is 1.96 bits per heavy atom. The van der Waals surface area contributed by atoms with E-state index in [4.69, 9.17) is 5.10 Å². The van der Waals surface area contributed by atoms with Crippen LogP contribution >= 0.6 is 0 Å². The van der Waals surface area contributed by atoms with Gasteiger partial charge in [-0.15, -0.1) is 0 Å². The molecule has 0 N–H and O–H groups in total. The highest BCUT2D eigenvalue weighted by atomic mass is 15.3. The van der Waals surface area contributed by atoms with Crippen LogP contribution in [0.3, 0.4) is 0 Å². The summed E-state index contributed by atoms with van der Waals surface area (Å²) in [5.74, 6) is 0. The molecule has 1 aromatic heterocycles. The molecule has 0 spiro atoms. The maximum atomic E-state index is 4.92. The Morgan fingerprint density at radius 2 is 1.19 bits per heavy atom. The van der Waals surface area contributed by atoms with Crippen LogP contribution in [-0.4, -0.2) is 9.78 Å². The minimum Gasteiger partial charge on any atom is -0.232 e. The average Bonchev–Trinajstić information content (AvgIpc) is 3.20. The minimum atomic E-state index is 0.975. The van der Waals surface area contributed by atoms with Crippen LogP contribution in [0.2, 0.25) is 0 Å². The molecule has 0 atom stereocenters. The SMILES string of the molecule is c1ccc(-c2cc(-c3ccc4ccccc4c3)n(-c3ccccc3)n2)cc1. The van der Waals surface area contributed by atoms with Gasteiger partial charge in [0.2, 0.25) is 0 Å². The van der Waals surface area contributed by atoms with Gasteiger partial charge in [0.05, 0.1) is 17.1 Å². The molecule has 0 aliphatic rings. The molecule has 0 amide bonds. The largest absolute Gasteiger partial charge is 0.232 e. The predicted molar refractivity (Wildman–Crippen MR) is 112 cm³/mol. The molecule has 4 aromatic carbocycles. The maximum absolute atomic E-state index is 4.92. The van der Waals surface area contributed by atoms with Crippen LogP contribution in [0.4, 0.5) is 0 Å². The molecule has 5 rings (SSSR count). The maximum Gasteiger partial charge on any atom is 0.0934 e. The molecule has 5 aromatic rings. The van der Waals surface area contributed by atoms with E-state index >= 15 is 0 Å². The molecule has 0 aliphatic heterocycles. The standard InChI is InChI=1S/C25H18N2/c1-3-10-20(11-4-1)24-18-25(27(26-24)23-13-5-2-6-14-23)22-16-15-19-9-7-8-12-21(19)17-22/h1-18H. The summed E-state index contributed by atoms with van der Waals surface area (Å²) in [6.07, 6.45) is 0. The fourth-order valence-corrected chi connectivity index (χ4v) is 3.45. The molecule has 0 aliphatic carbocycles. The third kappa shape index (κ3) is 2.91. The second-order valence-corrected chi connectivity index (χ2v) is 6.59. The van der Waals surface area contributed by atoms with E-state index in [1.54, 1.807) is 0 Å². The summed E-state index contributed by atoms with van der Waals surface area (Å²) in [4.78, 5) is 0. The van der Waals surface area contributed by atoms with E-state index in [1.807, 2.05) is 41.1 Å². The Bertz CT molecular complexity index is 1210. The highest BCUT2D eigenvalue weighted by Crippen LogP contribution is 2.30. The van der Waals surface area contributed by atoms with E-state index in [1.165, 1.54) is 10.8 Å². The van der Waals surface area contributed by atoms with Crippen molar-refractivity contribution in [1.82, 2.24) is 9.78 Å². The topological polar surface area (TPSA) is 17.8 Å². The minimum absolute atomic E-state index is 0.975. The van der Waals surface area contributed by atoms with Crippen molar-refractivity contribution in [2.75, 3.05) is 0 Å². The highest BCUT2D eigenvalue weighted by molar-refractivity contribution is 5.87. The van der Waals surface area contributed by atoms with Gasteiger partial charge in [-0.3, -0.25) is 0 Å². The molecule has 1 heterocycles. The number of nitrogens with zero attached hydrogens (tertiary/aromatic N) is 2. The Labute approximate surface area is 158 Å². The van der Waals surface area contributed by atoms with Crippen LogP contribution in [0.25, 0.3) is 39.0 Å². The lowest BCUT2D eigenvalue weighted by atomic mass is 10.0. The molecule has 2 nitrogen and oxygen atoms in total. The van der Waals surface area contributed by atoms with Crippen molar-refractivity contribution in [3.63, 3.8) is 0 Å². The Hall–Kier alpha value is -3.65. The van der Waals surface area contributed by atoms with Gasteiger partial charge in [-0.25, -0.2) is 4.68 Å². The lowest BCUT2D eigenvalue weighted by Gasteiger charge is -2.08. The van der Waals surface area contributed by atoms with Crippen molar-refractivity contribution < 1.29 is 0 Å². The van der Waals surface area contributed by atoms with Crippen LogP contribution in [-0.2, 0) is 0 Å². The molecular formula is C25H18N2. The van der Waals surface area contributed by atoms with Gasteiger partial charge in [-0.2, -0.15) is 5.10 Å². The van der Waals surface area contributed by atoms with Crippen LogP contribution in [0.1, 0.15) is 0 Å². The third-order valence-corrected chi connectivity index (χ3v) is 4.82. The van der Waals surface area contributed by atoms with Gasteiger partial charge >= 0.3 is 0 Å². The van der Waals surface area contributed by atoms with Gasteiger partial charge in [0.1, 0.15) is 0 Å². The monoisotopic (exact) mass is 346 g/mol. The summed E-state index contributed by atoms with van der Waals surface area (Å²) >= 11 is 0. The summed E-state index contributed by atoms with van der Waals surface area (Å²) in [7, 11) is 0. The van der Waals surface area contributed by atoms with Crippen LogP contribution in [0.15, 0.2) is 109 Å². The predicted octanol–water partition coefficient (Wildman–Crippen LogP) is 6.36. The van der Waals surface area contributed by atoms with Crippen molar-refractivity contribution in [3.8, 4) is 28.2 Å². The Kier molecular flexibility index (Phi) is 3.80. The molecule has 0 fully saturated rings. The molecule has 27 heavy (non-hydrogen) atoms. The summed E-state index contributed by atoms with van der Waals surface area (Å²) in [5, 5.41) is 7.40. The molecular weight excluding hydrogens is 328 g/mol. The van der Waals surface area contributed by atoms with E-state index in [-0.39, 0.29) is 0 Å². The Balaban J connectivity index is 1.73. The lowest BCUT2D eigenvalue weighted by Crippen LogP contribution is -1.98. The van der Waals surface area contributed by atoms with Gasteiger partial charge in [-0.1, -0.05) is 84.9 Å². The zero-order valence-corrected chi connectivity index (χ0v) is 14.8. The van der Waals surface area contributed by atoms with E-state index in [2.05, 4.69) is 72.8 Å². The first kappa shape index (κ1) is 15.6. The molecule has 0 saturated carbocycles. The lowest BCUT2D eigenvalue weighted by molar-refractivity contribution is 0.892. The number of rotatable bonds is 3. The molecule has 128 valence electrons. The average molecular weight is 346 g/mol. The van der Waals surface area contributed by atoms with Crippen LogP contribution in [0, 0.1) is 0 Å². The van der Waals surface area contributed by atoms with Gasteiger partial charge in [-0.05, 0) is 35.0 Å². The number of hydrogen-bond donors (Lipinski definition) is 0. The Morgan fingerprint density at radius 1 is 0.519 bits per heavy atom. The summed E-state index contributed by atoms with van der Waals surface area (Å²) < 4.78 is 2.03. The number of hydrogen-bond acceptors (Lipinski definition) is 1. The molecule has 0 saturated heterocycles. The zero-order chi connectivity index (χ0) is 18.1. The van der Waals surface area contributed by atoms with Gasteiger partial charge in [0, 0.05) is 11.1 Å². The zero-order valence-electron chi connectivity index (χ0n) is 14.8. The second kappa shape index (κ2) is 6.58. The molecule has 2 heteroatoms. The summed E-state index contributed by atoms with van der Waals surface area (Å²) in [5.41, 5.74) is 5.40. The number of benzene rings is 4. The fraction of sp³-hybridized carbons (Fsp3) is 0. The number of para-hydroxylation sites is 1. The number of aromatic nitrogens is 2. The molecule has 0 bridgehead atoms. The second-order valence-electron chi connectivity index (χ2n) is 6.59. The molecule has 0 unspecified atom stereocenters. The van der Waals surface area contributed by atoms with Gasteiger partial charge < -0.3 is 0 Å². The quantitative estimate of drug-likeness (QED) is 0.372. The first-order valence-corrected chi connectivity index (χ1v) is 9.08. The van der Waals surface area contributed by atoms with Gasteiger partial charge in [0.25, 0.3) is 0 Å². The van der Waals surface area contributed by atoms with E-state index in [0.717, 1.165) is 28.2 Å². The van der Waals surface area contributed by atoms with Crippen molar-refractivity contribution in [1.29, 1.82) is 0 Å². The normalized spacial score (nSPS) is 11.0. The third-order valence-electron chi connectivity index (χ3n) is 4.82.